The zero-order valence-electron chi connectivity index (χ0n) is 9.01. The number of ketones is 1. The van der Waals surface area contributed by atoms with Gasteiger partial charge in [-0.05, 0) is 25.3 Å². The van der Waals surface area contributed by atoms with Crippen LogP contribution in [0.3, 0.4) is 0 Å². The van der Waals surface area contributed by atoms with E-state index in [9.17, 15) is 9.59 Å². The molecule has 86 valence electrons. The normalized spacial score (nSPS) is 12.1. The number of aliphatic hydroxyl groups excluding tert-OH is 1. The molecule has 4 nitrogen and oxygen atoms in total. The largest absolute Gasteiger partial charge is 0.475 e. The Labute approximate surface area is 93.5 Å². The lowest BCUT2D eigenvalue weighted by molar-refractivity contribution is -0.131. The highest BCUT2D eigenvalue weighted by Crippen LogP contribution is 2.08. The fourth-order valence-corrected chi connectivity index (χ4v) is 1.32. The van der Waals surface area contributed by atoms with Crippen LogP contribution >= 0.6 is 0 Å². The summed E-state index contributed by atoms with van der Waals surface area (Å²) >= 11 is 0. The average molecular weight is 222 g/mol. The number of carbonyl (C=O) groups is 2. The number of rotatable bonds is 5. The molecule has 4 heteroatoms. The first-order chi connectivity index (χ1) is 7.50. The zero-order valence-corrected chi connectivity index (χ0v) is 9.01. The molecule has 0 aromatic heterocycles. The quantitative estimate of drug-likeness (QED) is 0.581. The summed E-state index contributed by atoms with van der Waals surface area (Å²) in [7, 11) is 0. The van der Waals surface area contributed by atoms with Crippen LogP contribution in [0.25, 0.3) is 0 Å². The molecule has 0 bridgehead atoms. The maximum Gasteiger partial charge on any atom is 0.377 e. The van der Waals surface area contributed by atoms with Crippen LogP contribution in [-0.2, 0) is 11.2 Å². The first-order valence-electron chi connectivity index (χ1n) is 5.05. The van der Waals surface area contributed by atoms with E-state index in [4.69, 9.17) is 10.2 Å². The van der Waals surface area contributed by atoms with E-state index in [1.165, 1.54) is 12.1 Å². The molecular formula is C12H14O4. The summed E-state index contributed by atoms with van der Waals surface area (Å²) in [6.07, 6.45) is 0.992. The summed E-state index contributed by atoms with van der Waals surface area (Å²) in [6, 6.07) is 6.40. The molecule has 0 radical (unpaired) electrons. The third-order valence-corrected chi connectivity index (χ3v) is 2.26. The van der Waals surface area contributed by atoms with E-state index in [0.29, 0.717) is 12.8 Å². The van der Waals surface area contributed by atoms with Crippen molar-refractivity contribution in [2.24, 2.45) is 0 Å². The number of Topliss-reactive ketones (excluding diaryl/α,β-unsaturated/α-hetero) is 1. The van der Waals surface area contributed by atoms with Crippen LogP contribution in [0.5, 0.6) is 0 Å². The summed E-state index contributed by atoms with van der Waals surface area (Å²) in [6.45, 7) is 1.71. The summed E-state index contributed by atoms with van der Waals surface area (Å²) < 4.78 is 0. The number of hydrogen-bond donors (Lipinski definition) is 2. The van der Waals surface area contributed by atoms with Gasteiger partial charge in [-0.25, -0.2) is 4.79 Å². The molecule has 0 aliphatic rings. The molecule has 0 saturated carbocycles. The van der Waals surface area contributed by atoms with Gasteiger partial charge in [0.25, 0.3) is 5.78 Å². The molecule has 0 aliphatic heterocycles. The number of benzene rings is 1. The monoisotopic (exact) mass is 222 g/mol. The number of carboxylic acid groups (broad SMARTS) is 1. The highest BCUT2D eigenvalue weighted by atomic mass is 16.4. The lowest BCUT2D eigenvalue weighted by Crippen LogP contribution is -2.12. The number of carbonyl (C=O) groups excluding carboxylic acids is 1. The highest BCUT2D eigenvalue weighted by Gasteiger charge is 2.13. The summed E-state index contributed by atoms with van der Waals surface area (Å²) in [4.78, 5) is 21.5. The minimum absolute atomic E-state index is 0.174. The fourth-order valence-electron chi connectivity index (χ4n) is 1.32. The molecule has 1 aromatic carbocycles. The lowest BCUT2D eigenvalue weighted by Gasteiger charge is -2.04. The van der Waals surface area contributed by atoms with Gasteiger partial charge in [-0.2, -0.15) is 0 Å². The maximum atomic E-state index is 11.1. The first-order valence-corrected chi connectivity index (χ1v) is 5.05. The average Bonchev–Trinajstić information content (AvgIpc) is 2.26. The Hall–Kier alpha value is -1.68. The van der Waals surface area contributed by atoms with E-state index in [-0.39, 0.29) is 11.7 Å². The second kappa shape index (κ2) is 5.42. The summed E-state index contributed by atoms with van der Waals surface area (Å²) in [5.74, 6) is -2.35. The zero-order chi connectivity index (χ0) is 12.1. The van der Waals surface area contributed by atoms with Crippen molar-refractivity contribution in [1.29, 1.82) is 0 Å². The van der Waals surface area contributed by atoms with Gasteiger partial charge in [0, 0.05) is 5.56 Å². The van der Waals surface area contributed by atoms with E-state index >= 15 is 0 Å². The van der Waals surface area contributed by atoms with Crippen molar-refractivity contribution >= 4 is 11.8 Å². The van der Waals surface area contributed by atoms with Gasteiger partial charge in [-0.3, -0.25) is 4.79 Å². The molecule has 0 fully saturated rings. The van der Waals surface area contributed by atoms with E-state index in [0.717, 1.165) is 5.56 Å². The van der Waals surface area contributed by atoms with E-state index in [1.54, 1.807) is 19.1 Å². The number of carboxylic acids is 1. The van der Waals surface area contributed by atoms with Gasteiger partial charge < -0.3 is 10.2 Å². The van der Waals surface area contributed by atoms with Crippen molar-refractivity contribution in [2.45, 2.75) is 25.9 Å². The van der Waals surface area contributed by atoms with Gasteiger partial charge in [0.05, 0.1) is 6.10 Å². The molecule has 16 heavy (non-hydrogen) atoms. The molecular weight excluding hydrogens is 208 g/mol. The van der Waals surface area contributed by atoms with Crippen molar-refractivity contribution in [2.75, 3.05) is 0 Å². The molecule has 1 atom stereocenters. The topological polar surface area (TPSA) is 74.6 Å². The van der Waals surface area contributed by atoms with E-state index in [1.807, 2.05) is 0 Å². The number of aryl methyl sites for hydroxylation is 1. The molecule has 2 N–H and O–H groups in total. The Bertz CT molecular complexity index is 379. The van der Waals surface area contributed by atoms with Gasteiger partial charge in [0.15, 0.2) is 0 Å². The second-order valence-electron chi connectivity index (χ2n) is 3.72. The van der Waals surface area contributed by atoms with Gasteiger partial charge >= 0.3 is 5.97 Å². The van der Waals surface area contributed by atoms with Crippen LogP contribution in [0.2, 0.25) is 0 Å². The molecule has 1 aromatic rings. The fraction of sp³-hybridized carbons (Fsp3) is 0.333. The first kappa shape index (κ1) is 12.4. The van der Waals surface area contributed by atoms with Crippen LogP contribution in [0.1, 0.15) is 29.3 Å². The van der Waals surface area contributed by atoms with Gasteiger partial charge in [-0.1, -0.05) is 24.3 Å². The SMILES string of the molecule is CC(O)CCc1ccc(C(=O)C(=O)O)cc1. The van der Waals surface area contributed by atoms with Crippen LogP contribution < -0.4 is 0 Å². The number of hydrogen-bond acceptors (Lipinski definition) is 3. The molecule has 0 saturated heterocycles. The van der Waals surface area contributed by atoms with Crippen molar-refractivity contribution in [3.8, 4) is 0 Å². The van der Waals surface area contributed by atoms with Crippen molar-refractivity contribution in [1.82, 2.24) is 0 Å². The van der Waals surface area contributed by atoms with Crippen LogP contribution in [0.15, 0.2) is 24.3 Å². The minimum Gasteiger partial charge on any atom is -0.475 e. The Balaban J connectivity index is 2.68. The Morgan fingerprint density at radius 1 is 1.25 bits per heavy atom. The van der Waals surface area contributed by atoms with Gasteiger partial charge in [0.2, 0.25) is 0 Å². The minimum atomic E-state index is -1.45. The molecule has 0 amide bonds. The third-order valence-electron chi connectivity index (χ3n) is 2.26. The molecule has 1 rings (SSSR count). The summed E-state index contributed by atoms with van der Waals surface area (Å²) in [5.41, 5.74) is 1.15. The van der Waals surface area contributed by atoms with Crippen LogP contribution in [0.4, 0.5) is 0 Å². The standard InChI is InChI=1S/C12H14O4/c1-8(13)2-3-9-4-6-10(7-5-9)11(14)12(15)16/h4-8,13H,2-3H2,1H3,(H,15,16). The van der Waals surface area contributed by atoms with Crippen molar-refractivity contribution in [3.05, 3.63) is 35.4 Å². The van der Waals surface area contributed by atoms with Crippen molar-refractivity contribution < 1.29 is 19.8 Å². The highest BCUT2D eigenvalue weighted by molar-refractivity contribution is 6.39. The predicted molar refractivity (Wildman–Crippen MR) is 58.4 cm³/mol. The maximum absolute atomic E-state index is 11.1. The van der Waals surface area contributed by atoms with Crippen molar-refractivity contribution in [3.63, 3.8) is 0 Å². The second-order valence-corrected chi connectivity index (χ2v) is 3.72. The molecule has 0 heterocycles. The van der Waals surface area contributed by atoms with Gasteiger partial charge in [0.1, 0.15) is 0 Å². The number of aliphatic hydroxyl groups is 1. The molecule has 1 unspecified atom stereocenters. The lowest BCUT2D eigenvalue weighted by atomic mass is 10.0. The Morgan fingerprint density at radius 3 is 2.25 bits per heavy atom. The smallest absolute Gasteiger partial charge is 0.377 e. The Kier molecular flexibility index (Phi) is 4.19. The molecule has 0 spiro atoms. The van der Waals surface area contributed by atoms with Crippen LogP contribution in [0, 0.1) is 0 Å². The van der Waals surface area contributed by atoms with E-state index < -0.39 is 11.8 Å². The Morgan fingerprint density at radius 2 is 1.81 bits per heavy atom. The number of aliphatic carboxylic acids is 1. The summed E-state index contributed by atoms with van der Waals surface area (Å²) in [5, 5.41) is 17.6. The van der Waals surface area contributed by atoms with E-state index in [2.05, 4.69) is 0 Å². The molecule has 0 aliphatic carbocycles. The van der Waals surface area contributed by atoms with Gasteiger partial charge in [-0.15, -0.1) is 0 Å². The predicted octanol–water partition coefficient (Wildman–Crippen LogP) is 1.27. The third kappa shape index (κ3) is 3.47. The van der Waals surface area contributed by atoms with Crippen LogP contribution in [-0.4, -0.2) is 28.1 Å².